The molecule has 1 heterocycles. The molecule has 0 spiro atoms. The van der Waals surface area contributed by atoms with Gasteiger partial charge in [0.15, 0.2) is 0 Å². The summed E-state index contributed by atoms with van der Waals surface area (Å²) in [5.74, 6) is 0.499. The molecule has 3 nitrogen and oxygen atoms in total. The van der Waals surface area contributed by atoms with Crippen molar-refractivity contribution in [3.8, 4) is 0 Å². The van der Waals surface area contributed by atoms with Crippen LogP contribution in [0.15, 0.2) is 24.3 Å². The third-order valence-corrected chi connectivity index (χ3v) is 3.33. The molecule has 0 radical (unpaired) electrons. The number of nitrogens with two attached hydrogens (primary N) is 1. The molecular weight excluding hydrogens is 217 g/mol. The molecule has 0 amide bonds. The zero-order valence-electron chi connectivity index (χ0n) is 9.65. The Balaban J connectivity index is 2.06. The summed E-state index contributed by atoms with van der Waals surface area (Å²) in [5.41, 5.74) is 9.06. The van der Waals surface area contributed by atoms with Crippen LogP contribution in [0, 0.1) is 12.7 Å². The molecule has 1 aliphatic carbocycles. The van der Waals surface area contributed by atoms with Crippen molar-refractivity contribution in [3.63, 3.8) is 0 Å². The number of anilines is 1. The molecule has 0 saturated carbocycles. The SMILES string of the molecule is Cc1cc(N)n(C2CCc3cc(F)ccc32)n1. The molecule has 2 aromatic rings. The topological polar surface area (TPSA) is 43.8 Å². The van der Waals surface area contributed by atoms with E-state index in [9.17, 15) is 4.39 Å². The fourth-order valence-corrected chi connectivity index (χ4v) is 2.60. The lowest BCUT2D eigenvalue weighted by molar-refractivity contribution is 0.524. The highest BCUT2D eigenvalue weighted by molar-refractivity contribution is 5.39. The molecule has 1 aromatic heterocycles. The van der Waals surface area contributed by atoms with Crippen LogP contribution in [0.5, 0.6) is 0 Å². The second kappa shape index (κ2) is 3.58. The number of aromatic nitrogens is 2. The summed E-state index contributed by atoms with van der Waals surface area (Å²) in [6.07, 6.45) is 1.82. The number of nitrogen functional groups attached to an aromatic ring is 1. The van der Waals surface area contributed by atoms with Crippen molar-refractivity contribution < 1.29 is 4.39 Å². The summed E-state index contributed by atoms with van der Waals surface area (Å²) in [4.78, 5) is 0. The lowest BCUT2D eigenvalue weighted by Crippen LogP contribution is -2.12. The molecule has 88 valence electrons. The highest BCUT2D eigenvalue weighted by Gasteiger charge is 2.26. The Morgan fingerprint density at radius 3 is 2.94 bits per heavy atom. The van der Waals surface area contributed by atoms with Gasteiger partial charge in [0.25, 0.3) is 0 Å². The Bertz CT molecular complexity index is 574. The average Bonchev–Trinajstić information content (AvgIpc) is 2.81. The number of hydrogen-bond donors (Lipinski definition) is 1. The van der Waals surface area contributed by atoms with Crippen LogP contribution in [0.4, 0.5) is 10.2 Å². The largest absolute Gasteiger partial charge is 0.384 e. The Morgan fingerprint density at radius 2 is 2.24 bits per heavy atom. The quantitative estimate of drug-likeness (QED) is 0.819. The molecule has 17 heavy (non-hydrogen) atoms. The average molecular weight is 231 g/mol. The molecule has 4 heteroatoms. The van der Waals surface area contributed by atoms with E-state index < -0.39 is 0 Å². The molecule has 0 aliphatic heterocycles. The van der Waals surface area contributed by atoms with Gasteiger partial charge in [0.05, 0.1) is 11.7 Å². The number of benzene rings is 1. The van der Waals surface area contributed by atoms with Gasteiger partial charge in [0, 0.05) is 6.07 Å². The molecule has 0 bridgehead atoms. The molecule has 0 saturated heterocycles. The highest BCUT2D eigenvalue weighted by atomic mass is 19.1. The fourth-order valence-electron chi connectivity index (χ4n) is 2.60. The number of aryl methyl sites for hydroxylation is 2. The van der Waals surface area contributed by atoms with Gasteiger partial charge in [-0.2, -0.15) is 5.10 Å². The van der Waals surface area contributed by atoms with Crippen molar-refractivity contribution in [1.82, 2.24) is 9.78 Å². The first kappa shape index (κ1) is 10.3. The third-order valence-electron chi connectivity index (χ3n) is 3.33. The van der Waals surface area contributed by atoms with Gasteiger partial charge in [-0.05, 0) is 43.0 Å². The Morgan fingerprint density at radius 1 is 1.41 bits per heavy atom. The molecule has 1 aromatic carbocycles. The molecule has 3 rings (SSSR count). The van der Waals surface area contributed by atoms with E-state index in [1.807, 2.05) is 23.7 Å². The van der Waals surface area contributed by atoms with Crippen molar-refractivity contribution in [2.75, 3.05) is 5.73 Å². The van der Waals surface area contributed by atoms with E-state index in [2.05, 4.69) is 5.10 Å². The predicted molar refractivity (Wildman–Crippen MR) is 64.2 cm³/mol. The lowest BCUT2D eigenvalue weighted by atomic mass is 10.1. The summed E-state index contributed by atoms with van der Waals surface area (Å²) in [6, 6.07) is 6.98. The molecule has 1 aliphatic rings. The van der Waals surface area contributed by atoms with Gasteiger partial charge in [0.1, 0.15) is 11.6 Å². The van der Waals surface area contributed by atoms with E-state index in [-0.39, 0.29) is 11.9 Å². The maximum atomic E-state index is 13.1. The lowest BCUT2D eigenvalue weighted by Gasteiger charge is -2.14. The van der Waals surface area contributed by atoms with Crippen LogP contribution in [0.25, 0.3) is 0 Å². The van der Waals surface area contributed by atoms with Crippen molar-refractivity contribution in [2.45, 2.75) is 25.8 Å². The molecule has 1 atom stereocenters. The molecule has 0 fully saturated rings. The van der Waals surface area contributed by atoms with Gasteiger partial charge >= 0.3 is 0 Å². The minimum atomic E-state index is -0.172. The Labute approximate surface area is 99.1 Å². The van der Waals surface area contributed by atoms with E-state index in [1.165, 1.54) is 6.07 Å². The molecule has 1 unspecified atom stereocenters. The minimum Gasteiger partial charge on any atom is -0.384 e. The van der Waals surface area contributed by atoms with Gasteiger partial charge in [-0.1, -0.05) is 6.07 Å². The van der Waals surface area contributed by atoms with Crippen molar-refractivity contribution >= 4 is 5.82 Å². The normalized spacial score (nSPS) is 18.4. The number of hydrogen-bond acceptors (Lipinski definition) is 2. The summed E-state index contributed by atoms with van der Waals surface area (Å²) < 4.78 is 15.0. The highest BCUT2D eigenvalue weighted by Crippen LogP contribution is 2.35. The van der Waals surface area contributed by atoms with E-state index >= 15 is 0 Å². The number of nitrogens with zero attached hydrogens (tertiary/aromatic N) is 2. The first-order chi connectivity index (χ1) is 8.15. The van der Waals surface area contributed by atoms with E-state index in [0.717, 1.165) is 29.7 Å². The zero-order chi connectivity index (χ0) is 12.0. The number of halogens is 1. The Kier molecular flexibility index (Phi) is 2.18. The standard InChI is InChI=1S/C13H14FN3/c1-8-6-13(15)17(16-8)12-5-2-9-7-10(14)3-4-11(9)12/h3-4,6-7,12H,2,5,15H2,1H3. The smallest absolute Gasteiger partial charge is 0.123 e. The maximum absolute atomic E-state index is 13.1. The first-order valence-corrected chi connectivity index (χ1v) is 5.75. The summed E-state index contributed by atoms with van der Waals surface area (Å²) in [5, 5.41) is 4.41. The van der Waals surface area contributed by atoms with Crippen LogP contribution in [0.1, 0.15) is 29.3 Å². The second-order valence-electron chi connectivity index (χ2n) is 4.55. The summed E-state index contributed by atoms with van der Waals surface area (Å²) in [7, 11) is 0. The maximum Gasteiger partial charge on any atom is 0.123 e. The van der Waals surface area contributed by atoms with Crippen molar-refractivity contribution in [2.24, 2.45) is 0 Å². The van der Waals surface area contributed by atoms with Gasteiger partial charge in [-0.25, -0.2) is 9.07 Å². The van der Waals surface area contributed by atoms with Gasteiger partial charge in [0.2, 0.25) is 0 Å². The van der Waals surface area contributed by atoms with Crippen molar-refractivity contribution in [1.29, 1.82) is 0 Å². The molecule has 2 N–H and O–H groups in total. The van der Waals surface area contributed by atoms with Gasteiger partial charge in [-0.15, -0.1) is 0 Å². The van der Waals surface area contributed by atoms with Crippen LogP contribution < -0.4 is 5.73 Å². The van der Waals surface area contributed by atoms with Crippen LogP contribution >= 0.6 is 0 Å². The van der Waals surface area contributed by atoms with Crippen LogP contribution in [-0.2, 0) is 6.42 Å². The third kappa shape index (κ3) is 1.60. The van der Waals surface area contributed by atoms with E-state index in [4.69, 9.17) is 5.73 Å². The number of fused-ring (bicyclic) bond motifs is 1. The summed E-state index contributed by atoms with van der Waals surface area (Å²) in [6.45, 7) is 1.92. The second-order valence-corrected chi connectivity index (χ2v) is 4.55. The van der Waals surface area contributed by atoms with E-state index in [0.29, 0.717) is 5.82 Å². The number of rotatable bonds is 1. The van der Waals surface area contributed by atoms with Crippen LogP contribution in [0.2, 0.25) is 0 Å². The first-order valence-electron chi connectivity index (χ1n) is 5.75. The van der Waals surface area contributed by atoms with Gasteiger partial charge < -0.3 is 5.73 Å². The minimum absolute atomic E-state index is 0.152. The van der Waals surface area contributed by atoms with Crippen LogP contribution in [0.3, 0.4) is 0 Å². The van der Waals surface area contributed by atoms with Crippen LogP contribution in [-0.4, -0.2) is 9.78 Å². The fraction of sp³-hybridized carbons (Fsp3) is 0.308. The molecular formula is C13H14FN3. The predicted octanol–water partition coefficient (Wildman–Crippen LogP) is 2.45. The van der Waals surface area contributed by atoms with Crippen molar-refractivity contribution in [3.05, 3.63) is 46.9 Å². The summed E-state index contributed by atoms with van der Waals surface area (Å²) >= 11 is 0. The van der Waals surface area contributed by atoms with Gasteiger partial charge in [-0.3, -0.25) is 0 Å². The van der Waals surface area contributed by atoms with E-state index in [1.54, 1.807) is 6.07 Å². The monoisotopic (exact) mass is 231 g/mol. The Hall–Kier alpha value is -1.84. The zero-order valence-corrected chi connectivity index (χ0v) is 9.65.